The molecule has 4 rings (SSSR count). The van der Waals surface area contributed by atoms with Gasteiger partial charge in [-0.3, -0.25) is 9.59 Å². The normalized spacial score (nSPS) is 15.6. The maximum atomic E-state index is 13.5. The fourth-order valence-corrected chi connectivity index (χ4v) is 4.40. The Morgan fingerprint density at radius 3 is 2.12 bits per heavy atom. The molecule has 0 saturated carbocycles. The SMILES string of the molecule is CC(C)(C)c1ccc(C(=O)c2cccc(NC(=O)C3(c4ccccc4)CCOCC3)c2)cc1. The van der Waals surface area contributed by atoms with Crippen molar-refractivity contribution in [2.24, 2.45) is 0 Å². The smallest absolute Gasteiger partial charge is 0.235 e. The summed E-state index contributed by atoms with van der Waals surface area (Å²) >= 11 is 0. The summed E-state index contributed by atoms with van der Waals surface area (Å²) in [6.45, 7) is 7.54. The number of amides is 1. The third-order valence-electron chi connectivity index (χ3n) is 6.50. The standard InChI is InChI=1S/C29H31NO3/c1-28(2,3)23-14-12-21(13-15-23)26(31)22-8-7-11-25(20-22)30-27(32)29(16-18-33-19-17-29)24-9-5-4-6-10-24/h4-15,20H,16-19H2,1-3H3,(H,30,32). The lowest BCUT2D eigenvalue weighted by Crippen LogP contribution is -2.44. The van der Waals surface area contributed by atoms with Crippen molar-refractivity contribution in [2.45, 2.75) is 44.4 Å². The van der Waals surface area contributed by atoms with Crippen molar-refractivity contribution in [1.29, 1.82) is 0 Å². The molecular formula is C29H31NO3. The Kier molecular flexibility index (Phi) is 6.48. The van der Waals surface area contributed by atoms with Crippen molar-refractivity contribution in [3.05, 3.63) is 101 Å². The number of ketones is 1. The lowest BCUT2D eigenvalue weighted by molar-refractivity contribution is -0.125. The van der Waals surface area contributed by atoms with Crippen LogP contribution in [0, 0.1) is 0 Å². The molecule has 1 amide bonds. The summed E-state index contributed by atoms with van der Waals surface area (Å²) < 4.78 is 5.55. The first-order chi connectivity index (χ1) is 15.8. The molecule has 1 aliphatic heterocycles. The van der Waals surface area contributed by atoms with Crippen LogP contribution < -0.4 is 5.32 Å². The molecule has 1 heterocycles. The average Bonchev–Trinajstić information content (AvgIpc) is 2.84. The third kappa shape index (κ3) is 4.91. The highest BCUT2D eigenvalue weighted by molar-refractivity contribution is 6.10. The van der Waals surface area contributed by atoms with Crippen LogP contribution in [0.4, 0.5) is 5.69 Å². The van der Waals surface area contributed by atoms with E-state index in [4.69, 9.17) is 4.74 Å². The molecule has 3 aromatic rings. The van der Waals surface area contributed by atoms with E-state index in [1.807, 2.05) is 66.7 Å². The molecule has 0 atom stereocenters. The summed E-state index contributed by atoms with van der Waals surface area (Å²) in [5, 5.41) is 3.08. The Balaban J connectivity index is 1.56. The molecule has 3 aromatic carbocycles. The predicted molar refractivity (Wildman–Crippen MR) is 132 cm³/mol. The molecular weight excluding hydrogens is 410 g/mol. The van der Waals surface area contributed by atoms with Crippen LogP contribution in [0.25, 0.3) is 0 Å². The van der Waals surface area contributed by atoms with Crippen molar-refractivity contribution in [1.82, 2.24) is 0 Å². The van der Waals surface area contributed by atoms with Gasteiger partial charge in [-0.15, -0.1) is 0 Å². The second-order valence-corrected chi connectivity index (χ2v) is 9.75. The molecule has 170 valence electrons. The van der Waals surface area contributed by atoms with Crippen LogP contribution in [0.2, 0.25) is 0 Å². The molecule has 4 nitrogen and oxygen atoms in total. The third-order valence-corrected chi connectivity index (χ3v) is 6.50. The lowest BCUT2D eigenvalue weighted by atomic mass is 9.73. The van der Waals surface area contributed by atoms with Gasteiger partial charge in [-0.2, -0.15) is 0 Å². The summed E-state index contributed by atoms with van der Waals surface area (Å²) in [7, 11) is 0. The van der Waals surface area contributed by atoms with Gasteiger partial charge in [-0.1, -0.05) is 87.5 Å². The quantitative estimate of drug-likeness (QED) is 0.502. The molecule has 0 unspecified atom stereocenters. The van der Waals surface area contributed by atoms with Crippen LogP contribution >= 0.6 is 0 Å². The maximum Gasteiger partial charge on any atom is 0.235 e. The van der Waals surface area contributed by atoms with Crippen LogP contribution in [0.1, 0.15) is 60.7 Å². The number of anilines is 1. The van der Waals surface area contributed by atoms with Crippen LogP contribution in [-0.4, -0.2) is 24.9 Å². The molecule has 0 bridgehead atoms. The Bertz CT molecular complexity index is 1120. The number of benzene rings is 3. The highest BCUT2D eigenvalue weighted by atomic mass is 16.5. The van der Waals surface area contributed by atoms with Gasteiger partial charge in [0.25, 0.3) is 0 Å². The van der Waals surface area contributed by atoms with Gasteiger partial charge in [0.2, 0.25) is 5.91 Å². The first-order valence-electron chi connectivity index (χ1n) is 11.5. The van der Waals surface area contributed by atoms with Gasteiger partial charge in [0.1, 0.15) is 0 Å². The van der Waals surface area contributed by atoms with E-state index in [1.165, 1.54) is 5.56 Å². The number of carbonyl (C=O) groups excluding carboxylic acids is 2. The molecule has 1 aliphatic rings. The minimum absolute atomic E-state index is 0.0324. The van der Waals surface area contributed by atoms with Gasteiger partial charge in [-0.05, 0) is 41.5 Å². The molecule has 33 heavy (non-hydrogen) atoms. The average molecular weight is 442 g/mol. The second-order valence-electron chi connectivity index (χ2n) is 9.75. The zero-order valence-corrected chi connectivity index (χ0v) is 19.6. The van der Waals surface area contributed by atoms with E-state index in [-0.39, 0.29) is 17.1 Å². The zero-order chi connectivity index (χ0) is 23.5. The molecule has 1 N–H and O–H groups in total. The van der Waals surface area contributed by atoms with Crippen molar-refractivity contribution >= 4 is 17.4 Å². The van der Waals surface area contributed by atoms with Crippen molar-refractivity contribution in [3.8, 4) is 0 Å². The summed E-state index contributed by atoms with van der Waals surface area (Å²) in [5.41, 5.74) is 3.39. The fraction of sp³-hybridized carbons (Fsp3) is 0.310. The second kappa shape index (κ2) is 9.32. The topological polar surface area (TPSA) is 55.4 Å². The Morgan fingerprint density at radius 1 is 0.818 bits per heavy atom. The van der Waals surface area contributed by atoms with Crippen LogP contribution in [0.3, 0.4) is 0 Å². The van der Waals surface area contributed by atoms with Gasteiger partial charge in [0.15, 0.2) is 5.78 Å². The van der Waals surface area contributed by atoms with E-state index >= 15 is 0 Å². The molecule has 1 saturated heterocycles. The Hall–Kier alpha value is -3.24. The highest BCUT2D eigenvalue weighted by Gasteiger charge is 2.41. The number of ether oxygens (including phenoxy) is 1. The van der Waals surface area contributed by atoms with Crippen LogP contribution in [0.5, 0.6) is 0 Å². The molecule has 0 spiro atoms. The number of hydrogen-bond acceptors (Lipinski definition) is 3. The van der Waals surface area contributed by atoms with E-state index in [0.29, 0.717) is 42.9 Å². The summed E-state index contributed by atoms with van der Waals surface area (Å²) in [6, 6.07) is 24.8. The van der Waals surface area contributed by atoms with Gasteiger partial charge < -0.3 is 10.1 Å². The highest BCUT2D eigenvalue weighted by Crippen LogP contribution is 2.36. The van der Waals surface area contributed by atoms with Crippen molar-refractivity contribution in [2.75, 3.05) is 18.5 Å². The van der Waals surface area contributed by atoms with Gasteiger partial charge in [-0.25, -0.2) is 0 Å². The molecule has 0 aliphatic carbocycles. The van der Waals surface area contributed by atoms with E-state index in [2.05, 4.69) is 26.1 Å². The predicted octanol–water partition coefficient (Wildman–Crippen LogP) is 5.90. The molecule has 4 heteroatoms. The molecule has 0 aromatic heterocycles. The summed E-state index contributed by atoms with van der Waals surface area (Å²) in [4.78, 5) is 26.6. The largest absolute Gasteiger partial charge is 0.381 e. The van der Waals surface area contributed by atoms with Crippen molar-refractivity contribution < 1.29 is 14.3 Å². The number of hydrogen-bond donors (Lipinski definition) is 1. The van der Waals surface area contributed by atoms with Gasteiger partial charge >= 0.3 is 0 Å². The lowest BCUT2D eigenvalue weighted by Gasteiger charge is -2.36. The van der Waals surface area contributed by atoms with Gasteiger partial charge in [0.05, 0.1) is 5.41 Å². The zero-order valence-electron chi connectivity index (χ0n) is 19.6. The maximum absolute atomic E-state index is 13.5. The van der Waals surface area contributed by atoms with E-state index in [0.717, 1.165) is 5.56 Å². The fourth-order valence-electron chi connectivity index (χ4n) is 4.40. The Morgan fingerprint density at radius 2 is 1.48 bits per heavy atom. The summed E-state index contributed by atoms with van der Waals surface area (Å²) in [6.07, 6.45) is 1.25. The monoisotopic (exact) mass is 441 g/mol. The minimum Gasteiger partial charge on any atom is -0.381 e. The first-order valence-corrected chi connectivity index (χ1v) is 11.5. The number of nitrogens with one attached hydrogen (secondary N) is 1. The van der Waals surface area contributed by atoms with E-state index in [9.17, 15) is 9.59 Å². The van der Waals surface area contributed by atoms with E-state index in [1.54, 1.807) is 12.1 Å². The van der Waals surface area contributed by atoms with Crippen LogP contribution in [0.15, 0.2) is 78.9 Å². The Labute approximate surface area is 196 Å². The van der Waals surface area contributed by atoms with E-state index < -0.39 is 5.41 Å². The van der Waals surface area contributed by atoms with Crippen LogP contribution in [-0.2, 0) is 20.4 Å². The number of rotatable bonds is 5. The number of carbonyl (C=O) groups is 2. The first kappa shape index (κ1) is 22.9. The van der Waals surface area contributed by atoms with Gasteiger partial charge in [0, 0.05) is 30.0 Å². The minimum atomic E-state index is -0.637. The summed E-state index contributed by atoms with van der Waals surface area (Å²) in [5.74, 6) is -0.119. The van der Waals surface area contributed by atoms with Crippen molar-refractivity contribution in [3.63, 3.8) is 0 Å². The molecule has 1 fully saturated rings. The molecule has 0 radical (unpaired) electrons.